The van der Waals surface area contributed by atoms with Crippen molar-refractivity contribution in [2.75, 3.05) is 18.9 Å². The first-order valence-electron chi connectivity index (χ1n) is 7.32. The summed E-state index contributed by atoms with van der Waals surface area (Å²) in [6, 6.07) is 6.49. The van der Waals surface area contributed by atoms with Crippen molar-refractivity contribution in [1.29, 1.82) is 0 Å². The van der Waals surface area contributed by atoms with Crippen LogP contribution in [0.1, 0.15) is 33.6 Å². The highest BCUT2D eigenvalue weighted by atomic mass is 32.2. The van der Waals surface area contributed by atoms with Crippen LogP contribution in [0, 0.1) is 5.82 Å². The number of hydrogen-bond acceptors (Lipinski definition) is 4. The van der Waals surface area contributed by atoms with Gasteiger partial charge in [0, 0.05) is 10.6 Å². The van der Waals surface area contributed by atoms with Gasteiger partial charge < -0.3 is 10.1 Å². The molecular weight excluding hydrogens is 289 g/mol. The first-order valence-corrected chi connectivity index (χ1v) is 8.31. The molecule has 0 bridgehead atoms. The summed E-state index contributed by atoms with van der Waals surface area (Å²) in [5, 5.41) is 3.27. The second kappa shape index (κ2) is 9.05. The van der Waals surface area contributed by atoms with Crippen molar-refractivity contribution in [2.24, 2.45) is 0 Å². The van der Waals surface area contributed by atoms with Crippen LogP contribution in [0.3, 0.4) is 0 Å². The molecule has 0 aliphatic carbocycles. The Morgan fingerprint density at radius 3 is 2.81 bits per heavy atom. The van der Waals surface area contributed by atoms with E-state index >= 15 is 0 Å². The molecule has 0 radical (unpaired) electrons. The van der Waals surface area contributed by atoms with Crippen LogP contribution in [0.15, 0.2) is 29.2 Å². The Morgan fingerprint density at radius 2 is 2.19 bits per heavy atom. The summed E-state index contributed by atoms with van der Waals surface area (Å²) < 4.78 is 18.3. The van der Waals surface area contributed by atoms with Gasteiger partial charge >= 0.3 is 5.97 Å². The highest BCUT2D eigenvalue weighted by Gasteiger charge is 2.33. The van der Waals surface area contributed by atoms with Crippen molar-refractivity contribution in [3.8, 4) is 0 Å². The number of carbonyl (C=O) groups excluding carboxylic acids is 1. The van der Waals surface area contributed by atoms with E-state index < -0.39 is 5.54 Å². The molecular formula is C16H24FNO2S. The molecule has 1 atom stereocenters. The zero-order valence-electron chi connectivity index (χ0n) is 12.9. The number of ether oxygens (including phenoxy) is 1. The van der Waals surface area contributed by atoms with Crippen LogP contribution in [-0.2, 0) is 9.53 Å². The molecule has 0 amide bonds. The molecule has 0 heterocycles. The van der Waals surface area contributed by atoms with Gasteiger partial charge in [-0.1, -0.05) is 13.0 Å². The van der Waals surface area contributed by atoms with E-state index in [-0.39, 0.29) is 11.8 Å². The molecule has 1 N–H and O–H groups in total. The van der Waals surface area contributed by atoms with Crippen molar-refractivity contribution in [3.05, 3.63) is 30.1 Å². The maximum absolute atomic E-state index is 13.1. The van der Waals surface area contributed by atoms with E-state index in [2.05, 4.69) is 12.2 Å². The summed E-state index contributed by atoms with van der Waals surface area (Å²) >= 11 is 1.54. The molecule has 0 fully saturated rings. The standard InChI is InChI=1S/C16H24FNO2S/c1-4-10-18-16(3,15(19)20-5-2)9-11-21-14-8-6-7-13(17)12-14/h6-8,12,18H,4-5,9-11H2,1-3H3. The van der Waals surface area contributed by atoms with Crippen molar-refractivity contribution in [1.82, 2.24) is 5.32 Å². The van der Waals surface area contributed by atoms with Gasteiger partial charge in [0.2, 0.25) is 0 Å². The van der Waals surface area contributed by atoms with Crippen molar-refractivity contribution < 1.29 is 13.9 Å². The van der Waals surface area contributed by atoms with Gasteiger partial charge in [0.15, 0.2) is 0 Å². The summed E-state index contributed by atoms with van der Waals surface area (Å²) in [5.74, 6) is 0.255. The monoisotopic (exact) mass is 313 g/mol. The summed E-state index contributed by atoms with van der Waals surface area (Å²) in [4.78, 5) is 13.0. The van der Waals surface area contributed by atoms with Gasteiger partial charge in [-0.05, 0) is 51.4 Å². The van der Waals surface area contributed by atoms with Crippen LogP contribution in [0.25, 0.3) is 0 Å². The zero-order chi connectivity index (χ0) is 15.7. The SMILES string of the molecule is CCCNC(C)(CCSc1cccc(F)c1)C(=O)OCC. The summed E-state index contributed by atoms with van der Waals surface area (Å²) in [5.41, 5.74) is -0.688. The third-order valence-electron chi connectivity index (χ3n) is 3.16. The second-order valence-electron chi connectivity index (χ2n) is 5.04. The molecule has 3 nitrogen and oxygen atoms in total. The Bertz CT molecular complexity index is 456. The number of benzene rings is 1. The quantitative estimate of drug-likeness (QED) is 0.558. The van der Waals surface area contributed by atoms with E-state index in [4.69, 9.17) is 4.74 Å². The van der Waals surface area contributed by atoms with Gasteiger partial charge in [0.05, 0.1) is 6.61 Å². The summed E-state index contributed by atoms with van der Waals surface area (Å²) in [6.45, 7) is 6.87. The van der Waals surface area contributed by atoms with Crippen LogP contribution in [0.5, 0.6) is 0 Å². The molecule has 0 saturated carbocycles. The lowest BCUT2D eigenvalue weighted by Gasteiger charge is -2.28. The smallest absolute Gasteiger partial charge is 0.326 e. The van der Waals surface area contributed by atoms with Gasteiger partial charge in [-0.3, -0.25) is 4.79 Å². The van der Waals surface area contributed by atoms with Crippen molar-refractivity contribution >= 4 is 17.7 Å². The normalized spacial score (nSPS) is 13.7. The Kier molecular flexibility index (Phi) is 7.75. The van der Waals surface area contributed by atoms with Gasteiger partial charge in [0.1, 0.15) is 11.4 Å². The fourth-order valence-corrected chi connectivity index (χ4v) is 3.00. The minimum absolute atomic E-state index is 0.224. The molecule has 1 unspecified atom stereocenters. The van der Waals surface area contributed by atoms with Crippen LogP contribution < -0.4 is 5.32 Å². The van der Waals surface area contributed by atoms with Gasteiger partial charge in [-0.15, -0.1) is 11.8 Å². The number of halogens is 1. The van der Waals surface area contributed by atoms with E-state index in [9.17, 15) is 9.18 Å². The second-order valence-corrected chi connectivity index (χ2v) is 6.20. The molecule has 0 aromatic heterocycles. The van der Waals surface area contributed by atoms with Crippen LogP contribution in [0.2, 0.25) is 0 Å². The summed E-state index contributed by atoms with van der Waals surface area (Å²) in [6.07, 6.45) is 1.58. The first-order chi connectivity index (χ1) is 10.0. The lowest BCUT2D eigenvalue weighted by molar-refractivity contribution is -0.150. The maximum atomic E-state index is 13.1. The highest BCUT2D eigenvalue weighted by molar-refractivity contribution is 7.99. The molecule has 1 rings (SSSR count). The van der Waals surface area contributed by atoms with Crippen LogP contribution in [-0.4, -0.2) is 30.4 Å². The van der Waals surface area contributed by atoms with Gasteiger partial charge in [-0.25, -0.2) is 4.39 Å². The number of hydrogen-bond donors (Lipinski definition) is 1. The predicted octanol–water partition coefficient (Wildman–Crippen LogP) is 3.63. The number of rotatable bonds is 9. The number of esters is 1. The van der Waals surface area contributed by atoms with Crippen molar-refractivity contribution in [2.45, 2.75) is 44.0 Å². The molecule has 5 heteroatoms. The number of nitrogens with one attached hydrogen (secondary N) is 1. The lowest BCUT2D eigenvalue weighted by Crippen LogP contribution is -2.51. The Hall–Kier alpha value is -1.07. The minimum Gasteiger partial charge on any atom is -0.465 e. The van der Waals surface area contributed by atoms with E-state index in [0.29, 0.717) is 13.0 Å². The number of thioether (sulfide) groups is 1. The molecule has 0 saturated heterocycles. The lowest BCUT2D eigenvalue weighted by atomic mass is 9.99. The summed E-state index contributed by atoms with van der Waals surface area (Å²) in [7, 11) is 0. The van der Waals surface area contributed by atoms with E-state index in [0.717, 1.165) is 23.6 Å². The molecule has 21 heavy (non-hydrogen) atoms. The van der Waals surface area contributed by atoms with Crippen LogP contribution in [0.4, 0.5) is 4.39 Å². The molecule has 118 valence electrons. The molecule has 1 aromatic carbocycles. The predicted molar refractivity (Wildman–Crippen MR) is 85.1 cm³/mol. The minimum atomic E-state index is -0.688. The Labute approximate surface area is 130 Å². The highest BCUT2D eigenvalue weighted by Crippen LogP contribution is 2.23. The molecule has 1 aromatic rings. The third kappa shape index (κ3) is 6.06. The van der Waals surface area contributed by atoms with Gasteiger partial charge in [0.25, 0.3) is 0 Å². The maximum Gasteiger partial charge on any atom is 0.326 e. The third-order valence-corrected chi connectivity index (χ3v) is 4.15. The average molecular weight is 313 g/mol. The molecule has 0 spiro atoms. The zero-order valence-corrected chi connectivity index (χ0v) is 13.8. The van der Waals surface area contributed by atoms with Crippen LogP contribution >= 0.6 is 11.8 Å². The Morgan fingerprint density at radius 1 is 1.43 bits per heavy atom. The van der Waals surface area contributed by atoms with Crippen molar-refractivity contribution in [3.63, 3.8) is 0 Å². The van der Waals surface area contributed by atoms with E-state index in [1.807, 2.05) is 13.0 Å². The molecule has 0 aliphatic rings. The topological polar surface area (TPSA) is 38.3 Å². The Balaban J connectivity index is 2.58. The largest absolute Gasteiger partial charge is 0.465 e. The first kappa shape index (κ1) is 18.0. The van der Waals surface area contributed by atoms with Gasteiger partial charge in [-0.2, -0.15) is 0 Å². The average Bonchev–Trinajstić information content (AvgIpc) is 2.45. The molecule has 0 aliphatic heterocycles. The van der Waals surface area contributed by atoms with E-state index in [1.54, 1.807) is 24.8 Å². The fourth-order valence-electron chi connectivity index (χ4n) is 1.88. The van der Waals surface area contributed by atoms with E-state index in [1.165, 1.54) is 12.1 Å². The number of carbonyl (C=O) groups is 1. The fraction of sp³-hybridized carbons (Fsp3) is 0.562.